The van der Waals surface area contributed by atoms with Gasteiger partial charge in [-0.3, -0.25) is 0 Å². The first-order chi connectivity index (χ1) is 10.1. The van der Waals surface area contributed by atoms with E-state index in [9.17, 15) is 0 Å². The molecule has 0 fully saturated rings. The van der Waals surface area contributed by atoms with Gasteiger partial charge in [0.15, 0.2) is 0 Å². The SMILES string of the molecule is CCC(C)Oc1cccc(NCc2cc(Cl)ccc2Br)c1. The normalized spacial score (nSPS) is 12.0. The first kappa shape index (κ1) is 16.2. The molecule has 2 rings (SSSR count). The third-order valence-corrected chi connectivity index (χ3v) is 4.25. The molecule has 0 radical (unpaired) electrons. The van der Waals surface area contributed by atoms with E-state index in [0.29, 0.717) is 6.54 Å². The third-order valence-electron chi connectivity index (χ3n) is 3.24. The van der Waals surface area contributed by atoms with Crippen LogP contribution in [0.2, 0.25) is 5.02 Å². The highest BCUT2D eigenvalue weighted by Crippen LogP contribution is 2.24. The molecule has 0 aliphatic rings. The molecule has 112 valence electrons. The summed E-state index contributed by atoms with van der Waals surface area (Å²) in [5.41, 5.74) is 2.15. The highest BCUT2D eigenvalue weighted by atomic mass is 79.9. The fourth-order valence-electron chi connectivity index (χ4n) is 1.87. The number of nitrogens with one attached hydrogen (secondary N) is 1. The van der Waals surface area contributed by atoms with Crippen molar-refractivity contribution in [2.24, 2.45) is 0 Å². The Bertz CT molecular complexity index is 603. The Hall–Kier alpha value is -1.19. The van der Waals surface area contributed by atoms with E-state index in [1.165, 1.54) is 0 Å². The van der Waals surface area contributed by atoms with Crippen LogP contribution in [-0.2, 0) is 6.54 Å². The number of hydrogen-bond donors (Lipinski definition) is 1. The summed E-state index contributed by atoms with van der Waals surface area (Å²) in [6.07, 6.45) is 1.22. The Labute approximate surface area is 139 Å². The number of ether oxygens (including phenoxy) is 1. The minimum atomic E-state index is 0.224. The van der Waals surface area contributed by atoms with Gasteiger partial charge < -0.3 is 10.1 Å². The zero-order valence-corrected chi connectivity index (χ0v) is 14.5. The Morgan fingerprint density at radius 2 is 2.05 bits per heavy atom. The number of hydrogen-bond acceptors (Lipinski definition) is 2. The molecule has 2 aromatic carbocycles. The van der Waals surface area contributed by atoms with Gasteiger partial charge in [-0.1, -0.05) is 40.5 Å². The molecule has 0 aromatic heterocycles. The summed E-state index contributed by atoms with van der Waals surface area (Å²) in [6.45, 7) is 4.89. The van der Waals surface area contributed by atoms with Crippen molar-refractivity contribution in [3.05, 3.63) is 57.5 Å². The molecular weight excluding hydrogens is 350 g/mol. The molecule has 21 heavy (non-hydrogen) atoms. The second kappa shape index (κ2) is 7.71. The lowest BCUT2D eigenvalue weighted by Crippen LogP contribution is -2.09. The van der Waals surface area contributed by atoms with Crippen molar-refractivity contribution < 1.29 is 4.74 Å². The summed E-state index contributed by atoms with van der Waals surface area (Å²) in [4.78, 5) is 0. The summed E-state index contributed by atoms with van der Waals surface area (Å²) in [7, 11) is 0. The van der Waals surface area contributed by atoms with Gasteiger partial charge in [-0.15, -0.1) is 0 Å². The van der Waals surface area contributed by atoms with Crippen molar-refractivity contribution in [2.75, 3.05) is 5.32 Å². The van der Waals surface area contributed by atoms with E-state index in [1.807, 2.05) is 42.5 Å². The molecule has 1 unspecified atom stereocenters. The van der Waals surface area contributed by atoms with E-state index < -0.39 is 0 Å². The maximum atomic E-state index is 6.03. The van der Waals surface area contributed by atoms with Gasteiger partial charge in [0.2, 0.25) is 0 Å². The molecule has 0 aliphatic carbocycles. The van der Waals surface area contributed by atoms with E-state index in [4.69, 9.17) is 16.3 Å². The maximum Gasteiger partial charge on any atom is 0.121 e. The van der Waals surface area contributed by atoms with Gasteiger partial charge in [0.1, 0.15) is 5.75 Å². The molecule has 1 atom stereocenters. The Kier molecular flexibility index (Phi) is 5.95. The van der Waals surface area contributed by atoms with E-state index in [1.54, 1.807) is 0 Å². The highest BCUT2D eigenvalue weighted by molar-refractivity contribution is 9.10. The molecular formula is C17H19BrClNO. The fourth-order valence-corrected chi connectivity index (χ4v) is 2.45. The van der Waals surface area contributed by atoms with Gasteiger partial charge in [-0.25, -0.2) is 0 Å². The van der Waals surface area contributed by atoms with Crippen LogP contribution in [-0.4, -0.2) is 6.10 Å². The van der Waals surface area contributed by atoms with Crippen LogP contribution >= 0.6 is 27.5 Å². The van der Waals surface area contributed by atoms with Gasteiger partial charge in [0.25, 0.3) is 0 Å². The molecule has 0 aliphatic heterocycles. The average molecular weight is 369 g/mol. The largest absolute Gasteiger partial charge is 0.491 e. The Morgan fingerprint density at radius 3 is 2.81 bits per heavy atom. The second-order valence-corrected chi connectivity index (χ2v) is 6.24. The van der Waals surface area contributed by atoms with Crippen LogP contribution in [0.5, 0.6) is 5.75 Å². The van der Waals surface area contributed by atoms with Crippen LogP contribution in [0.1, 0.15) is 25.8 Å². The van der Waals surface area contributed by atoms with Gasteiger partial charge in [-0.2, -0.15) is 0 Å². The predicted molar refractivity (Wildman–Crippen MR) is 93.3 cm³/mol. The van der Waals surface area contributed by atoms with Crippen LogP contribution < -0.4 is 10.1 Å². The van der Waals surface area contributed by atoms with Crippen molar-refractivity contribution in [3.63, 3.8) is 0 Å². The molecule has 0 saturated heterocycles. The lowest BCUT2D eigenvalue weighted by Gasteiger charge is -2.14. The molecule has 0 saturated carbocycles. The number of rotatable bonds is 6. The molecule has 0 spiro atoms. The zero-order chi connectivity index (χ0) is 15.2. The fraction of sp³-hybridized carbons (Fsp3) is 0.294. The molecule has 4 heteroatoms. The maximum absolute atomic E-state index is 6.03. The number of anilines is 1. The smallest absolute Gasteiger partial charge is 0.121 e. The van der Waals surface area contributed by atoms with Gasteiger partial charge in [0.05, 0.1) is 6.10 Å². The van der Waals surface area contributed by atoms with Crippen molar-refractivity contribution in [3.8, 4) is 5.75 Å². The third kappa shape index (κ3) is 4.94. The van der Waals surface area contributed by atoms with Gasteiger partial charge in [-0.05, 0) is 49.2 Å². The van der Waals surface area contributed by atoms with E-state index in [2.05, 4.69) is 35.1 Å². The minimum absolute atomic E-state index is 0.224. The van der Waals surface area contributed by atoms with Crippen LogP contribution in [0.3, 0.4) is 0 Å². The summed E-state index contributed by atoms with van der Waals surface area (Å²) in [5.74, 6) is 0.888. The van der Waals surface area contributed by atoms with E-state index >= 15 is 0 Å². The van der Waals surface area contributed by atoms with Crippen LogP contribution in [0.4, 0.5) is 5.69 Å². The quantitative estimate of drug-likeness (QED) is 0.686. The molecule has 0 amide bonds. The van der Waals surface area contributed by atoms with Gasteiger partial charge in [0, 0.05) is 27.8 Å². The van der Waals surface area contributed by atoms with Crippen molar-refractivity contribution in [1.29, 1.82) is 0 Å². The molecule has 2 nitrogen and oxygen atoms in total. The Balaban J connectivity index is 2.03. The summed E-state index contributed by atoms with van der Waals surface area (Å²) < 4.78 is 6.88. The van der Waals surface area contributed by atoms with Crippen molar-refractivity contribution >= 4 is 33.2 Å². The topological polar surface area (TPSA) is 21.3 Å². The minimum Gasteiger partial charge on any atom is -0.491 e. The molecule has 0 heterocycles. The van der Waals surface area contributed by atoms with E-state index in [-0.39, 0.29) is 6.10 Å². The van der Waals surface area contributed by atoms with E-state index in [0.717, 1.165) is 32.9 Å². The lowest BCUT2D eigenvalue weighted by molar-refractivity contribution is 0.217. The van der Waals surface area contributed by atoms with Gasteiger partial charge >= 0.3 is 0 Å². The molecule has 1 N–H and O–H groups in total. The van der Waals surface area contributed by atoms with Crippen LogP contribution in [0.25, 0.3) is 0 Å². The number of benzene rings is 2. The van der Waals surface area contributed by atoms with Crippen molar-refractivity contribution in [2.45, 2.75) is 32.9 Å². The van der Waals surface area contributed by atoms with Crippen molar-refractivity contribution in [1.82, 2.24) is 0 Å². The number of halogens is 2. The summed E-state index contributed by atoms with van der Waals surface area (Å²) >= 11 is 9.57. The molecule has 2 aromatic rings. The lowest BCUT2D eigenvalue weighted by atomic mass is 10.2. The Morgan fingerprint density at radius 1 is 1.24 bits per heavy atom. The highest BCUT2D eigenvalue weighted by Gasteiger charge is 2.04. The van der Waals surface area contributed by atoms with Crippen LogP contribution in [0.15, 0.2) is 46.9 Å². The van der Waals surface area contributed by atoms with Crippen LogP contribution in [0, 0.1) is 0 Å². The monoisotopic (exact) mass is 367 g/mol. The average Bonchev–Trinajstić information content (AvgIpc) is 2.48. The summed E-state index contributed by atoms with van der Waals surface area (Å²) in [5, 5.41) is 4.13. The first-order valence-corrected chi connectivity index (χ1v) is 8.20. The molecule has 0 bridgehead atoms. The summed E-state index contributed by atoms with van der Waals surface area (Å²) in [6, 6.07) is 13.8. The standard InChI is InChI=1S/C17H19BrClNO/c1-3-12(2)21-16-6-4-5-15(10-16)20-11-13-9-14(19)7-8-17(13)18/h4-10,12,20H,3,11H2,1-2H3. The second-order valence-electron chi connectivity index (χ2n) is 4.95. The zero-order valence-electron chi connectivity index (χ0n) is 12.2. The predicted octanol–water partition coefficient (Wildman–Crippen LogP) is 5.89. The first-order valence-electron chi connectivity index (χ1n) is 7.03.